The minimum absolute atomic E-state index is 0.0138. The number of carbonyl (C=O) groups is 8. The smallest absolute Gasteiger partial charge is 0.408 e. The van der Waals surface area contributed by atoms with Crippen LogP contribution in [0.2, 0.25) is 5.15 Å². The fourth-order valence-corrected chi connectivity index (χ4v) is 19.0. The molecule has 30 nitrogen and oxygen atoms in total. The Bertz CT molecular complexity index is 4470. The Hall–Kier alpha value is -9.01. The van der Waals surface area contributed by atoms with Crippen LogP contribution in [0, 0.1) is 22.7 Å². The van der Waals surface area contributed by atoms with E-state index in [-0.39, 0.29) is 73.9 Å². The normalized spacial score (nSPS) is 25.4. The van der Waals surface area contributed by atoms with Gasteiger partial charge in [-0.05, 0) is 126 Å². The largest absolute Gasteiger partial charge is 0.472 e. The third-order valence-electron chi connectivity index (χ3n) is 23.2. The Balaban J connectivity index is 0.000000198. The number of ether oxygens (including phenoxy) is 4. The van der Waals surface area contributed by atoms with Gasteiger partial charge in [-0.25, -0.2) is 36.4 Å². The summed E-state index contributed by atoms with van der Waals surface area (Å²) in [6.45, 7) is 18.2. The molecule has 0 spiro atoms. The third-order valence-corrected chi connectivity index (χ3v) is 27.0. The molecule has 115 heavy (non-hydrogen) atoms. The Morgan fingerprint density at radius 2 is 0.913 bits per heavy atom. The highest BCUT2D eigenvalue weighted by Crippen LogP contribution is 2.48. The number of rotatable bonds is 26. The van der Waals surface area contributed by atoms with E-state index in [1.807, 2.05) is 81.4 Å². The molecule has 2 aromatic carbocycles. The van der Waals surface area contributed by atoms with E-state index < -0.39 is 148 Å². The second-order valence-corrected chi connectivity index (χ2v) is 38.8. The fourth-order valence-electron chi connectivity index (χ4n) is 16.1. The van der Waals surface area contributed by atoms with Gasteiger partial charge in [-0.2, -0.15) is 9.97 Å². The number of aromatic nitrogens is 4. The number of anilines is 1. The average molecular weight is 1650 g/mol. The summed E-state index contributed by atoms with van der Waals surface area (Å²) in [5.74, 6) is -3.43. The van der Waals surface area contributed by atoms with Crippen molar-refractivity contribution in [1.82, 2.24) is 60.4 Å². The fraction of sp³-hybridized carbons (Fsp3) is 0.610. The molecule has 2 saturated heterocycles. The van der Waals surface area contributed by atoms with Crippen molar-refractivity contribution in [3.63, 3.8) is 0 Å². The number of nitrogens with zero attached hydrogens (tertiary/aromatic N) is 6. The van der Waals surface area contributed by atoms with Gasteiger partial charge in [0, 0.05) is 60.0 Å². The predicted octanol–water partition coefficient (Wildman–Crippen LogP) is 9.39. The van der Waals surface area contributed by atoms with Crippen LogP contribution < -0.4 is 51.2 Å². The highest BCUT2D eigenvalue weighted by molar-refractivity contribution is 7.91. The van der Waals surface area contributed by atoms with Crippen molar-refractivity contribution in [2.75, 3.05) is 18.4 Å². The van der Waals surface area contributed by atoms with Gasteiger partial charge in [-0.3, -0.25) is 38.2 Å². The van der Waals surface area contributed by atoms with Crippen LogP contribution in [0.15, 0.2) is 98.1 Å². The van der Waals surface area contributed by atoms with Crippen LogP contribution in [-0.4, -0.2) is 190 Å². The topological polar surface area (TPSA) is 410 Å². The van der Waals surface area contributed by atoms with Crippen molar-refractivity contribution in [3.05, 3.63) is 103 Å². The maximum Gasteiger partial charge on any atom is 0.408 e. The number of alkyl carbamates (subject to hydrolysis) is 2. The molecular formula is C82H111ClN14O16S2. The summed E-state index contributed by atoms with van der Waals surface area (Å²) in [5.41, 5.74) is 2.30. The van der Waals surface area contributed by atoms with Gasteiger partial charge < -0.3 is 61.1 Å². The first-order chi connectivity index (χ1) is 54.6. The quantitative estimate of drug-likeness (QED) is 0.0214. The molecule has 33 heteroatoms. The van der Waals surface area contributed by atoms with Crippen LogP contribution in [-0.2, 0) is 58.3 Å². The lowest BCUT2D eigenvalue weighted by Crippen LogP contribution is -2.60. The number of halogens is 1. The number of sulfonamides is 2. The minimum Gasteiger partial charge on any atom is -0.472 e. The highest BCUT2D eigenvalue weighted by Gasteiger charge is 2.64. The number of hydrogen-bond donors (Lipinski definition) is 8. The summed E-state index contributed by atoms with van der Waals surface area (Å²) < 4.78 is 79.3. The van der Waals surface area contributed by atoms with E-state index in [9.17, 15) is 55.2 Å². The number of hydrogen-bond acceptors (Lipinski definition) is 22. The van der Waals surface area contributed by atoms with Crippen LogP contribution in [0.1, 0.15) is 196 Å². The van der Waals surface area contributed by atoms with E-state index in [1.54, 1.807) is 26.8 Å². The Morgan fingerprint density at radius 1 is 0.530 bits per heavy atom. The molecule has 4 heterocycles. The Kier molecular flexibility index (Phi) is 26.6. The molecule has 10 atom stereocenters. The monoisotopic (exact) mass is 1650 g/mol. The Morgan fingerprint density at radius 3 is 1.28 bits per heavy atom. The summed E-state index contributed by atoms with van der Waals surface area (Å²) in [7, 11) is -7.81. The first-order valence-electron chi connectivity index (χ1n) is 40.6. The van der Waals surface area contributed by atoms with E-state index >= 15 is 0 Å². The van der Waals surface area contributed by atoms with E-state index in [0.717, 1.165) is 82.6 Å². The van der Waals surface area contributed by atoms with E-state index in [0.29, 0.717) is 54.8 Å². The van der Waals surface area contributed by atoms with Crippen molar-refractivity contribution in [2.24, 2.45) is 28.4 Å². The second kappa shape index (κ2) is 35.8. The number of nitrogens with one attached hydrogen (secondary N) is 7. The van der Waals surface area contributed by atoms with E-state index in [1.165, 1.54) is 53.7 Å². The number of amides is 8. The third kappa shape index (κ3) is 21.6. The summed E-state index contributed by atoms with van der Waals surface area (Å²) in [6.07, 6.45) is 18.1. The molecule has 0 unspecified atom stereocenters. The first-order valence-corrected chi connectivity index (χ1v) is 44.1. The van der Waals surface area contributed by atoms with Gasteiger partial charge in [0.25, 0.3) is 11.8 Å². The van der Waals surface area contributed by atoms with Gasteiger partial charge in [0.1, 0.15) is 70.6 Å². The summed E-state index contributed by atoms with van der Waals surface area (Å²) in [6, 6.07) is 18.1. The minimum atomic E-state index is -3.91. The molecule has 10 fully saturated rings. The standard InChI is InChI=1S/C41H55N7O8S.C36H45ClN6O8S.C5H11N/c1-5-26-23-41(26,38(51)47-57(53,54)30-19-20-30)46-36(49)31-21-29(24-48(31)37(50)34(40(2,3)4)45-39(52)56-28-17-11-12-18-28)55-33-22-32(42-27-15-9-10-16-27)43-35(44-33)25-13-7-6-8-14-25;1-5-22-19-36(22,33(46)42-52(48,49)25-15-16-25)41-31(44)26-17-24(50-28-18-27(37)38-30(39-28)21-11-7-6-8-12-21)20-43(26)32(45)29(35(2,3)4)40-34(47)51-23-13-9-10-14-23;6-5-3-1-2-4-5/h5-8,13-14,22,26-31,34H,1,9-12,15-21,23-24H2,2-4H3,(H,45,52)(H,46,49)(H,47,51)(H,42,43,44);5-8,11-12,18,22-26,29H,1,9-10,13-17,19-20H2,2-4H3,(H,40,47)(H,41,44)(H,42,46);5H,1-4,6H2/t26-,29-,31+,34-,41-;22-,24-,26+,29-,36-;/m11./s1. The molecule has 0 bridgehead atoms. The molecular weight excluding hydrogens is 1540 g/mol. The number of nitrogens with two attached hydrogens (primary N) is 1. The lowest BCUT2D eigenvalue weighted by Gasteiger charge is -2.35. The predicted molar refractivity (Wildman–Crippen MR) is 430 cm³/mol. The van der Waals surface area contributed by atoms with Crippen LogP contribution >= 0.6 is 11.6 Å². The molecule has 2 aromatic heterocycles. The van der Waals surface area contributed by atoms with Crippen molar-refractivity contribution >= 4 is 85.1 Å². The lowest BCUT2D eigenvalue weighted by atomic mass is 9.85. The summed E-state index contributed by atoms with van der Waals surface area (Å²) >= 11 is 6.35. The van der Waals surface area contributed by atoms with Crippen molar-refractivity contribution in [2.45, 2.75) is 278 Å². The van der Waals surface area contributed by atoms with E-state index in [4.69, 9.17) is 46.3 Å². The van der Waals surface area contributed by atoms with Crippen molar-refractivity contribution < 1.29 is 74.1 Å². The maximum atomic E-state index is 14.7. The van der Waals surface area contributed by atoms with Crippen molar-refractivity contribution in [1.29, 1.82) is 0 Å². The van der Waals surface area contributed by atoms with Gasteiger partial charge in [0.15, 0.2) is 11.6 Å². The lowest BCUT2D eigenvalue weighted by molar-refractivity contribution is -0.143. The molecule has 624 valence electrons. The molecule has 8 amide bonds. The zero-order valence-electron chi connectivity index (χ0n) is 66.5. The van der Waals surface area contributed by atoms with Gasteiger partial charge >= 0.3 is 12.2 Å². The zero-order chi connectivity index (χ0) is 82.4. The summed E-state index contributed by atoms with van der Waals surface area (Å²) in [5, 5.41) is 13.5. The Labute approximate surface area is 678 Å². The van der Waals surface area contributed by atoms with Crippen LogP contribution in [0.3, 0.4) is 0 Å². The number of likely N-dealkylation sites (tertiary alicyclic amines) is 2. The maximum absolute atomic E-state index is 14.7. The molecule has 10 aliphatic rings. The van der Waals surface area contributed by atoms with Crippen LogP contribution in [0.5, 0.6) is 11.8 Å². The second-order valence-electron chi connectivity index (χ2n) is 34.5. The molecule has 8 saturated carbocycles. The van der Waals surface area contributed by atoms with Gasteiger partial charge in [0.2, 0.25) is 55.4 Å². The molecule has 2 aliphatic heterocycles. The van der Waals surface area contributed by atoms with Crippen LogP contribution in [0.25, 0.3) is 22.8 Å². The molecule has 9 N–H and O–H groups in total. The van der Waals surface area contributed by atoms with Gasteiger partial charge in [-0.1, -0.05) is 152 Å². The molecule has 8 aliphatic carbocycles. The first kappa shape index (κ1) is 85.4. The summed E-state index contributed by atoms with van der Waals surface area (Å²) in [4.78, 5) is 132. The molecule has 4 aromatic rings. The highest BCUT2D eigenvalue weighted by atomic mass is 35.5. The zero-order valence-corrected chi connectivity index (χ0v) is 68.8. The van der Waals surface area contributed by atoms with E-state index in [2.05, 4.69) is 59.2 Å². The average Bonchev–Trinajstić information content (AvgIpc) is 1.58. The number of benzene rings is 2. The molecule has 14 rings (SSSR count). The van der Waals surface area contributed by atoms with Gasteiger partial charge in [-0.15, -0.1) is 13.2 Å². The SMILES string of the molecule is C=C[C@@H]1C[C@]1(NC(=O)[C@@H]1C[C@@H](Oc2cc(Cl)nc(-c3ccccc3)n2)CN1C(=O)[C@@H](NC(=O)OC1CCCC1)C(C)(C)C)C(=O)NS(=O)(=O)C1CC1.C=C[C@@H]1C[C@]1(NC(=O)[C@@H]1C[C@@H](Oc2cc(NC3CCCC3)nc(-c3ccccc3)n2)CN1C(=O)[C@@H](NC(=O)OC1CCCC1)C(C)(C)C)C(=O)NS(=O)(=O)C1CC1.NC1CCCC1. The molecule has 0 radical (unpaired) electrons. The number of carbonyl (C=O) groups excluding carboxylic acids is 8. The van der Waals surface area contributed by atoms with Crippen molar-refractivity contribution in [3.8, 4) is 34.5 Å². The van der Waals surface area contributed by atoms with Crippen LogP contribution in [0.4, 0.5) is 15.4 Å². The van der Waals surface area contributed by atoms with Gasteiger partial charge in [0.05, 0.1) is 23.6 Å².